The van der Waals surface area contributed by atoms with E-state index in [0.717, 1.165) is 36.1 Å². The third-order valence-corrected chi connectivity index (χ3v) is 7.44. The van der Waals surface area contributed by atoms with Crippen LogP contribution in [0.15, 0.2) is 18.2 Å². The highest BCUT2D eigenvalue weighted by Gasteiger charge is 2.55. The molecular weight excluding hydrogens is 362 g/mol. The van der Waals surface area contributed by atoms with E-state index < -0.39 is 0 Å². The number of hydrogen-bond donors (Lipinski definition) is 1. The summed E-state index contributed by atoms with van der Waals surface area (Å²) in [5.41, 5.74) is 2.82. The number of hydrogen-bond acceptors (Lipinski definition) is 3. The van der Waals surface area contributed by atoms with E-state index in [9.17, 15) is 9.59 Å². The van der Waals surface area contributed by atoms with Crippen molar-refractivity contribution < 1.29 is 14.3 Å². The van der Waals surface area contributed by atoms with E-state index in [1.54, 1.807) is 0 Å². The minimum Gasteiger partial charge on any atom is -0.455 e. The second kappa shape index (κ2) is 7.77. The second-order valence-corrected chi connectivity index (χ2v) is 10.4. The van der Waals surface area contributed by atoms with Crippen LogP contribution in [0.5, 0.6) is 0 Å². The number of carbonyl (C=O) groups excluding carboxylic acids is 2. The summed E-state index contributed by atoms with van der Waals surface area (Å²) >= 11 is 0. The van der Waals surface area contributed by atoms with Crippen LogP contribution < -0.4 is 5.32 Å². The molecule has 1 aromatic carbocycles. The van der Waals surface area contributed by atoms with Crippen molar-refractivity contribution in [3.63, 3.8) is 0 Å². The maximum atomic E-state index is 13.0. The van der Waals surface area contributed by atoms with E-state index >= 15 is 0 Å². The molecule has 0 saturated heterocycles. The van der Waals surface area contributed by atoms with Gasteiger partial charge in [-0.15, -0.1) is 0 Å². The number of rotatable bonds is 6. The Bertz CT molecular complexity index is 734. The molecule has 4 heteroatoms. The SMILES string of the molecule is CC(C)c1cccc(C(C)C)c1NC(=O)COC(=O)C12CC3CC(CC(C3)C1)C2. The zero-order valence-corrected chi connectivity index (χ0v) is 18.3. The fourth-order valence-corrected chi connectivity index (χ4v) is 6.52. The van der Waals surface area contributed by atoms with E-state index in [0.29, 0.717) is 29.6 Å². The van der Waals surface area contributed by atoms with Gasteiger partial charge in [0, 0.05) is 5.69 Å². The number of nitrogens with one attached hydrogen (secondary N) is 1. The van der Waals surface area contributed by atoms with Gasteiger partial charge < -0.3 is 10.1 Å². The summed E-state index contributed by atoms with van der Waals surface area (Å²) in [6.07, 6.45) is 6.76. The zero-order chi connectivity index (χ0) is 20.8. The summed E-state index contributed by atoms with van der Waals surface area (Å²) in [5, 5.41) is 3.05. The molecule has 0 unspecified atom stereocenters. The second-order valence-electron chi connectivity index (χ2n) is 10.4. The molecule has 29 heavy (non-hydrogen) atoms. The van der Waals surface area contributed by atoms with Crippen LogP contribution in [0.4, 0.5) is 5.69 Å². The lowest BCUT2D eigenvalue weighted by atomic mass is 9.49. The largest absolute Gasteiger partial charge is 0.455 e. The molecule has 0 atom stereocenters. The average Bonchev–Trinajstić information content (AvgIpc) is 2.64. The first-order chi connectivity index (χ1) is 13.8. The summed E-state index contributed by atoms with van der Waals surface area (Å²) < 4.78 is 5.61. The van der Waals surface area contributed by atoms with E-state index in [-0.39, 0.29) is 23.9 Å². The fraction of sp³-hybridized carbons (Fsp3) is 0.680. The number of ether oxygens (including phenoxy) is 1. The van der Waals surface area contributed by atoms with E-state index in [4.69, 9.17) is 4.74 Å². The molecule has 4 aliphatic carbocycles. The van der Waals surface area contributed by atoms with E-state index in [2.05, 4.69) is 45.1 Å². The quantitative estimate of drug-likeness (QED) is 0.633. The molecule has 4 nitrogen and oxygen atoms in total. The molecule has 158 valence electrons. The lowest BCUT2D eigenvalue weighted by Gasteiger charge is -2.55. The van der Waals surface area contributed by atoms with Crippen LogP contribution in [-0.4, -0.2) is 18.5 Å². The van der Waals surface area contributed by atoms with Gasteiger partial charge in [-0.25, -0.2) is 0 Å². The van der Waals surface area contributed by atoms with E-state index in [1.807, 2.05) is 6.07 Å². The molecule has 0 aromatic heterocycles. The Morgan fingerprint density at radius 2 is 1.45 bits per heavy atom. The number of anilines is 1. The molecule has 4 aliphatic rings. The van der Waals surface area contributed by atoms with Gasteiger partial charge in [0.15, 0.2) is 6.61 Å². The Kier molecular flexibility index (Phi) is 5.48. The van der Waals surface area contributed by atoms with Gasteiger partial charge in [0.05, 0.1) is 5.41 Å². The molecular formula is C25H35NO3. The average molecular weight is 398 g/mol. The summed E-state index contributed by atoms with van der Waals surface area (Å²) in [4.78, 5) is 25.7. The van der Waals surface area contributed by atoms with Crippen LogP contribution in [0.3, 0.4) is 0 Å². The first kappa shape index (κ1) is 20.4. The van der Waals surface area contributed by atoms with Crippen LogP contribution >= 0.6 is 0 Å². The Labute approximate surface area is 174 Å². The van der Waals surface area contributed by atoms with Crippen molar-refractivity contribution in [3.8, 4) is 0 Å². The van der Waals surface area contributed by atoms with Crippen molar-refractivity contribution in [2.45, 2.75) is 78.1 Å². The lowest BCUT2D eigenvalue weighted by molar-refractivity contribution is -0.172. The van der Waals surface area contributed by atoms with Crippen LogP contribution in [0.1, 0.15) is 89.2 Å². The Morgan fingerprint density at radius 1 is 0.966 bits per heavy atom. The van der Waals surface area contributed by atoms with E-state index in [1.165, 1.54) is 19.3 Å². The van der Waals surface area contributed by atoms with Crippen LogP contribution in [0.2, 0.25) is 0 Å². The third-order valence-electron chi connectivity index (χ3n) is 7.44. The molecule has 5 rings (SSSR count). The molecule has 0 heterocycles. The summed E-state index contributed by atoms with van der Waals surface area (Å²) in [5.74, 6) is 2.31. The van der Waals surface area contributed by atoms with Gasteiger partial charge in [0.2, 0.25) is 0 Å². The van der Waals surface area contributed by atoms with Crippen molar-refractivity contribution in [3.05, 3.63) is 29.3 Å². The number of para-hydroxylation sites is 1. The monoisotopic (exact) mass is 397 g/mol. The summed E-state index contributed by atoms with van der Waals surface area (Å²) in [7, 11) is 0. The number of carbonyl (C=O) groups is 2. The highest BCUT2D eigenvalue weighted by atomic mass is 16.5. The van der Waals surface area contributed by atoms with Crippen LogP contribution in [0.25, 0.3) is 0 Å². The number of amides is 1. The zero-order valence-electron chi connectivity index (χ0n) is 18.3. The molecule has 1 amide bonds. The van der Waals surface area contributed by atoms with Crippen LogP contribution in [0, 0.1) is 23.2 Å². The Hall–Kier alpha value is -1.84. The smallest absolute Gasteiger partial charge is 0.312 e. The fourth-order valence-electron chi connectivity index (χ4n) is 6.52. The standard InChI is InChI=1S/C25H35NO3/c1-15(2)20-6-5-7-21(16(3)4)23(20)26-22(27)14-29-24(28)25-11-17-8-18(12-25)10-19(9-17)13-25/h5-7,15-19H,8-14H2,1-4H3,(H,26,27). The van der Waals surface area contributed by atoms with Gasteiger partial charge >= 0.3 is 5.97 Å². The Balaban J connectivity index is 1.42. The lowest BCUT2D eigenvalue weighted by Crippen LogP contribution is -2.50. The van der Waals surface area contributed by atoms with Crippen molar-refractivity contribution in [2.75, 3.05) is 11.9 Å². The highest BCUT2D eigenvalue weighted by molar-refractivity contribution is 5.95. The van der Waals surface area contributed by atoms with Crippen LogP contribution in [-0.2, 0) is 14.3 Å². The van der Waals surface area contributed by atoms with Crippen molar-refractivity contribution in [1.29, 1.82) is 0 Å². The topological polar surface area (TPSA) is 55.4 Å². The molecule has 4 fully saturated rings. The first-order valence-electron chi connectivity index (χ1n) is 11.4. The molecule has 0 radical (unpaired) electrons. The van der Waals surface area contributed by atoms with Crippen molar-refractivity contribution >= 4 is 17.6 Å². The van der Waals surface area contributed by atoms with Gasteiger partial charge in [-0.1, -0.05) is 45.9 Å². The maximum Gasteiger partial charge on any atom is 0.312 e. The molecule has 4 bridgehead atoms. The van der Waals surface area contributed by atoms with Crippen molar-refractivity contribution in [1.82, 2.24) is 0 Å². The number of esters is 1. The third kappa shape index (κ3) is 3.95. The predicted octanol–water partition coefficient (Wildman–Crippen LogP) is 5.63. The minimum absolute atomic E-state index is 0.132. The summed E-state index contributed by atoms with van der Waals surface area (Å²) in [6, 6.07) is 6.18. The molecule has 4 saturated carbocycles. The highest BCUT2D eigenvalue weighted by Crippen LogP contribution is 2.60. The first-order valence-corrected chi connectivity index (χ1v) is 11.4. The van der Waals surface area contributed by atoms with Gasteiger partial charge in [-0.3, -0.25) is 9.59 Å². The van der Waals surface area contributed by atoms with Gasteiger partial charge in [0.25, 0.3) is 5.91 Å². The molecule has 1 N–H and O–H groups in total. The number of benzene rings is 1. The Morgan fingerprint density at radius 3 is 1.90 bits per heavy atom. The minimum atomic E-state index is -0.312. The summed E-state index contributed by atoms with van der Waals surface area (Å²) in [6.45, 7) is 8.32. The van der Waals surface area contributed by atoms with Crippen molar-refractivity contribution in [2.24, 2.45) is 23.2 Å². The predicted molar refractivity (Wildman–Crippen MR) is 115 cm³/mol. The maximum absolute atomic E-state index is 13.0. The van der Waals surface area contributed by atoms with Gasteiger partial charge in [-0.05, 0) is 79.2 Å². The molecule has 0 spiro atoms. The molecule has 1 aromatic rings. The molecule has 0 aliphatic heterocycles. The van der Waals surface area contributed by atoms with Gasteiger partial charge in [-0.2, -0.15) is 0 Å². The van der Waals surface area contributed by atoms with Gasteiger partial charge in [0.1, 0.15) is 0 Å². The normalized spacial score (nSPS) is 30.1.